The highest BCUT2D eigenvalue weighted by Gasteiger charge is 2.33. The minimum absolute atomic E-state index is 0.00190. The fourth-order valence-corrected chi connectivity index (χ4v) is 3.71. The number of para-hydroxylation sites is 1. The summed E-state index contributed by atoms with van der Waals surface area (Å²) in [4.78, 5) is 11.7. The van der Waals surface area contributed by atoms with Crippen molar-refractivity contribution in [1.29, 1.82) is 0 Å². The molecule has 0 spiro atoms. The Bertz CT molecular complexity index is 805. The average Bonchev–Trinajstić information content (AvgIpc) is 2.59. The SMILES string of the molecule is COc1ccccc1C[C@@H](C(=O)O)N(C)S(=O)(=O)c1ccccc1. The van der Waals surface area contributed by atoms with Gasteiger partial charge >= 0.3 is 5.97 Å². The molecule has 0 heterocycles. The molecule has 24 heavy (non-hydrogen) atoms. The first-order chi connectivity index (χ1) is 11.4. The quantitative estimate of drug-likeness (QED) is 0.827. The molecule has 6 nitrogen and oxygen atoms in total. The van der Waals surface area contributed by atoms with Gasteiger partial charge < -0.3 is 9.84 Å². The van der Waals surface area contributed by atoms with Crippen LogP contribution in [0.5, 0.6) is 5.75 Å². The molecule has 0 fully saturated rings. The zero-order valence-electron chi connectivity index (χ0n) is 13.4. The lowest BCUT2D eigenvalue weighted by Gasteiger charge is -2.25. The third kappa shape index (κ3) is 3.74. The van der Waals surface area contributed by atoms with Gasteiger partial charge in [0.1, 0.15) is 11.8 Å². The van der Waals surface area contributed by atoms with E-state index in [0.717, 1.165) is 4.31 Å². The van der Waals surface area contributed by atoms with Gasteiger partial charge in [-0.1, -0.05) is 36.4 Å². The number of methoxy groups -OCH3 is 1. The minimum atomic E-state index is -3.91. The van der Waals surface area contributed by atoms with Crippen LogP contribution in [-0.4, -0.2) is 44.0 Å². The molecule has 1 atom stereocenters. The maximum atomic E-state index is 12.7. The Labute approximate surface area is 141 Å². The van der Waals surface area contributed by atoms with Crippen molar-refractivity contribution in [3.05, 3.63) is 60.2 Å². The van der Waals surface area contributed by atoms with Crippen LogP contribution in [0.1, 0.15) is 5.56 Å². The third-order valence-electron chi connectivity index (χ3n) is 3.75. The fourth-order valence-electron chi connectivity index (χ4n) is 2.38. The molecule has 0 amide bonds. The normalized spacial score (nSPS) is 12.8. The van der Waals surface area contributed by atoms with Crippen molar-refractivity contribution in [3.63, 3.8) is 0 Å². The second-order valence-electron chi connectivity index (χ2n) is 5.20. The van der Waals surface area contributed by atoms with E-state index in [0.29, 0.717) is 11.3 Å². The van der Waals surface area contributed by atoms with Gasteiger partial charge in [0.25, 0.3) is 0 Å². The maximum absolute atomic E-state index is 12.7. The number of carboxylic acid groups (broad SMARTS) is 1. The topological polar surface area (TPSA) is 83.9 Å². The number of aliphatic carboxylic acids is 1. The maximum Gasteiger partial charge on any atom is 0.322 e. The zero-order chi connectivity index (χ0) is 17.7. The number of hydrogen-bond donors (Lipinski definition) is 1. The van der Waals surface area contributed by atoms with Crippen LogP contribution >= 0.6 is 0 Å². The summed E-state index contributed by atoms with van der Waals surface area (Å²) in [6, 6.07) is 13.5. The van der Waals surface area contributed by atoms with Crippen LogP contribution in [0.3, 0.4) is 0 Å². The predicted octanol–water partition coefficient (Wildman–Crippen LogP) is 2.01. The number of carbonyl (C=O) groups is 1. The van der Waals surface area contributed by atoms with Gasteiger partial charge in [-0.15, -0.1) is 0 Å². The number of carboxylic acids is 1. The van der Waals surface area contributed by atoms with Gasteiger partial charge in [-0.25, -0.2) is 8.42 Å². The van der Waals surface area contributed by atoms with Crippen LogP contribution in [-0.2, 0) is 21.2 Å². The van der Waals surface area contributed by atoms with Gasteiger partial charge in [-0.05, 0) is 23.8 Å². The Hall–Kier alpha value is -2.38. The van der Waals surface area contributed by atoms with Gasteiger partial charge in [-0.2, -0.15) is 4.31 Å². The smallest absolute Gasteiger partial charge is 0.322 e. The molecule has 0 bridgehead atoms. The molecule has 0 aliphatic carbocycles. The summed E-state index contributed by atoms with van der Waals surface area (Å²) in [5.74, 6) is -0.697. The summed E-state index contributed by atoms with van der Waals surface area (Å²) in [5.41, 5.74) is 0.627. The first-order valence-electron chi connectivity index (χ1n) is 7.25. The largest absolute Gasteiger partial charge is 0.496 e. The third-order valence-corrected chi connectivity index (χ3v) is 5.63. The van der Waals surface area contributed by atoms with E-state index in [2.05, 4.69) is 0 Å². The van der Waals surface area contributed by atoms with Crippen molar-refractivity contribution >= 4 is 16.0 Å². The number of benzene rings is 2. The zero-order valence-corrected chi connectivity index (χ0v) is 14.2. The van der Waals surface area contributed by atoms with Crippen LogP contribution < -0.4 is 4.74 Å². The summed E-state index contributed by atoms with van der Waals surface area (Å²) in [7, 11) is -1.15. The number of hydrogen-bond acceptors (Lipinski definition) is 4. The fraction of sp³-hybridized carbons (Fsp3) is 0.235. The lowest BCUT2D eigenvalue weighted by Crippen LogP contribution is -2.43. The van der Waals surface area contributed by atoms with Crippen LogP contribution in [0.25, 0.3) is 0 Å². The molecule has 128 valence electrons. The van der Waals surface area contributed by atoms with E-state index >= 15 is 0 Å². The summed E-state index contributed by atoms with van der Waals surface area (Å²) in [6.45, 7) is 0. The van der Waals surface area contributed by atoms with Gasteiger partial charge in [0.2, 0.25) is 10.0 Å². The molecule has 1 N–H and O–H groups in total. The standard InChI is InChI=1S/C17H19NO5S/c1-18(24(21,22)14-9-4-3-5-10-14)15(17(19)20)12-13-8-6-7-11-16(13)23-2/h3-11,15H,12H2,1-2H3,(H,19,20)/t15-/m0/s1. The van der Waals surface area contributed by atoms with Crippen molar-refractivity contribution in [3.8, 4) is 5.75 Å². The summed E-state index contributed by atoms with van der Waals surface area (Å²) >= 11 is 0. The monoisotopic (exact) mass is 349 g/mol. The summed E-state index contributed by atoms with van der Waals surface area (Å²) in [6.07, 6.45) is 0.00190. The number of nitrogens with zero attached hydrogens (tertiary/aromatic N) is 1. The molecule has 2 rings (SSSR count). The highest BCUT2D eigenvalue weighted by atomic mass is 32.2. The second kappa shape index (κ2) is 7.46. The number of rotatable bonds is 7. The van der Waals surface area contributed by atoms with Crippen LogP contribution in [0.4, 0.5) is 0 Å². The average molecular weight is 349 g/mol. The minimum Gasteiger partial charge on any atom is -0.496 e. The van der Waals surface area contributed by atoms with Crippen molar-refractivity contribution in [1.82, 2.24) is 4.31 Å². The Morgan fingerprint density at radius 3 is 2.29 bits per heavy atom. The van der Waals surface area contributed by atoms with Gasteiger partial charge in [0.05, 0.1) is 12.0 Å². The van der Waals surface area contributed by atoms with E-state index in [-0.39, 0.29) is 11.3 Å². The predicted molar refractivity (Wildman–Crippen MR) is 89.5 cm³/mol. The molecule has 0 aliphatic rings. The molecule has 2 aromatic carbocycles. The summed E-state index contributed by atoms with van der Waals surface area (Å²) in [5, 5.41) is 9.53. The van der Waals surface area contributed by atoms with Crippen molar-refractivity contribution in [2.24, 2.45) is 0 Å². The van der Waals surface area contributed by atoms with Gasteiger partial charge in [-0.3, -0.25) is 4.79 Å². The van der Waals surface area contributed by atoms with Crippen LogP contribution in [0.15, 0.2) is 59.5 Å². The number of ether oxygens (including phenoxy) is 1. The van der Waals surface area contributed by atoms with E-state index in [1.54, 1.807) is 42.5 Å². The second-order valence-corrected chi connectivity index (χ2v) is 7.20. The molecule has 0 unspecified atom stereocenters. The van der Waals surface area contributed by atoms with E-state index in [1.807, 2.05) is 0 Å². The Balaban J connectivity index is 2.35. The Morgan fingerprint density at radius 2 is 1.71 bits per heavy atom. The van der Waals surface area contributed by atoms with Crippen LogP contribution in [0.2, 0.25) is 0 Å². The van der Waals surface area contributed by atoms with E-state index < -0.39 is 22.0 Å². The highest BCUT2D eigenvalue weighted by Crippen LogP contribution is 2.23. The lowest BCUT2D eigenvalue weighted by atomic mass is 10.1. The number of sulfonamides is 1. The Kier molecular flexibility index (Phi) is 5.58. The molecule has 0 aliphatic heterocycles. The molecule has 0 radical (unpaired) electrons. The molecular formula is C17H19NO5S. The molecule has 0 aromatic heterocycles. The van der Waals surface area contributed by atoms with E-state index in [9.17, 15) is 18.3 Å². The van der Waals surface area contributed by atoms with E-state index in [4.69, 9.17) is 4.74 Å². The number of likely N-dealkylation sites (N-methyl/N-ethyl adjacent to an activating group) is 1. The first-order valence-corrected chi connectivity index (χ1v) is 8.69. The molecule has 0 saturated carbocycles. The van der Waals surface area contributed by atoms with Gasteiger partial charge in [0, 0.05) is 13.5 Å². The lowest BCUT2D eigenvalue weighted by molar-refractivity contribution is -0.141. The first kappa shape index (κ1) is 18.0. The van der Waals surface area contributed by atoms with Gasteiger partial charge in [0.15, 0.2) is 0 Å². The molecule has 2 aromatic rings. The molecular weight excluding hydrogens is 330 g/mol. The van der Waals surface area contributed by atoms with Crippen molar-refractivity contribution in [2.75, 3.05) is 14.2 Å². The van der Waals surface area contributed by atoms with Crippen molar-refractivity contribution in [2.45, 2.75) is 17.4 Å². The summed E-state index contributed by atoms with van der Waals surface area (Å²) < 4.78 is 31.4. The highest BCUT2D eigenvalue weighted by molar-refractivity contribution is 7.89. The van der Waals surface area contributed by atoms with Crippen molar-refractivity contribution < 1.29 is 23.1 Å². The Morgan fingerprint density at radius 1 is 1.12 bits per heavy atom. The molecule has 7 heteroatoms. The van der Waals surface area contributed by atoms with E-state index in [1.165, 1.54) is 26.3 Å². The van der Waals surface area contributed by atoms with Crippen LogP contribution in [0, 0.1) is 0 Å². The molecule has 0 saturated heterocycles.